The van der Waals surface area contributed by atoms with Crippen LogP contribution in [0.2, 0.25) is 0 Å². The summed E-state index contributed by atoms with van der Waals surface area (Å²) in [6.07, 6.45) is 6.68. The maximum Gasteiger partial charge on any atom is 0.269 e. The number of hydrogen-bond donors (Lipinski definition) is 1. The van der Waals surface area contributed by atoms with Crippen LogP contribution >= 0.6 is 0 Å². The Morgan fingerprint density at radius 3 is 2.67 bits per heavy atom. The zero-order chi connectivity index (χ0) is 13.0. The van der Waals surface area contributed by atoms with Gasteiger partial charge in [0, 0.05) is 24.2 Å². The Morgan fingerprint density at radius 1 is 1.39 bits per heavy atom. The van der Waals surface area contributed by atoms with Crippen LogP contribution in [0, 0.1) is 16.0 Å². The van der Waals surface area contributed by atoms with Crippen LogP contribution in [-0.4, -0.2) is 10.8 Å². The van der Waals surface area contributed by atoms with Crippen LogP contribution in [0.3, 0.4) is 0 Å². The van der Waals surface area contributed by atoms with Gasteiger partial charge in [-0.15, -0.1) is 0 Å². The topological polar surface area (TPSA) is 72.2 Å². The third kappa shape index (κ3) is 3.16. The first kappa shape index (κ1) is 12.3. The first-order valence-corrected chi connectivity index (χ1v) is 5.86. The molecule has 94 valence electrons. The average Bonchev–Trinajstić information content (AvgIpc) is 2.82. The Bertz CT molecular complexity index is 480. The summed E-state index contributed by atoms with van der Waals surface area (Å²) in [4.78, 5) is 21.7. The molecular weight excluding hydrogens is 232 g/mol. The molecule has 0 spiro atoms. The number of carbonyl (C=O) groups excluding carboxylic acids is 1. The number of non-ortho nitro benzene ring substituents is 1. The van der Waals surface area contributed by atoms with Crippen molar-refractivity contribution in [3.05, 3.63) is 46.5 Å². The van der Waals surface area contributed by atoms with Gasteiger partial charge in [-0.1, -0.05) is 12.2 Å². The molecule has 0 radical (unpaired) electrons. The minimum absolute atomic E-state index is 0.0201. The summed E-state index contributed by atoms with van der Waals surface area (Å²) >= 11 is 0. The summed E-state index contributed by atoms with van der Waals surface area (Å²) in [5, 5.41) is 13.2. The van der Waals surface area contributed by atoms with E-state index in [0.717, 1.165) is 12.8 Å². The maximum absolute atomic E-state index is 11.7. The number of carbonyl (C=O) groups is 1. The van der Waals surface area contributed by atoms with Gasteiger partial charge in [0.25, 0.3) is 5.69 Å². The average molecular weight is 246 g/mol. The minimum atomic E-state index is -0.463. The van der Waals surface area contributed by atoms with E-state index in [0.29, 0.717) is 18.0 Å². The molecule has 0 heterocycles. The fourth-order valence-electron chi connectivity index (χ4n) is 1.98. The maximum atomic E-state index is 11.7. The monoisotopic (exact) mass is 246 g/mol. The molecule has 2 rings (SSSR count). The number of nitrogens with zero attached hydrogens (tertiary/aromatic N) is 1. The molecule has 0 aromatic heterocycles. The molecule has 1 atom stereocenters. The predicted octanol–water partition coefficient (Wildman–Crippen LogP) is 2.89. The molecule has 5 heteroatoms. The lowest BCUT2D eigenvalue weighted by molar-refractivity contribution is -0.384. The number of nitro benzene ring substituents is 1. The smallest absolute Gasteiger partial charge is 0.269 e. The predicted molar refractivity (Wildman–Crippen MR) is 68.2 cm³/mol. The lowest BCUT2D eigenvalue weighted by Crippen LogP contribution is -2.14. The molecule has 5 nitrogen and oxygen atoms in total. The molecule has 1 amide bonds. The highest BCUT2D eigenvalue weighted by molar-refractivity contribution is 5.91. The summed E-state index contributed by atoms with van der Waals surface area (Å²) in [5.74, 6) is 0.267. The van der Waals surface area contributed by atoms with Crippen LogP contribution in [0.5, 0.6) is 0 Å². The number of nitrogens with one attached hydrogen (secondary N) is 1. The Labute approximate surface area is 105 Å². The number of amides is 1. The lowest BCUT2D eigenvalue weighted by atomic mass is 10.1. The fourth-order valence-corrected chi connectivity index (χ4v) is 1.98. The van der Waals surface area contributed by atoms with Crippen LogP contribution in [0.15, 0.2) is 36.4 Å². The van der Waals surface area contributed by atoms with Crippen LogP contribution in [0.4, 0.5) is 11.4 Å². The largest absolute Gasteiger partial charge is 0.326 e. The van der Waals surface area contributed by atoms with Crippen molar-refractivity contribution in [2.75, 3.05) is 5.32 Å². The highest BCUT2D eigenvalue weighted by Crippen LogP contribution is 2.21. The Hall–Kier alpha value is -2.17. The number of nitro groups is 1. The number of benzene rings is 1. The summed E-state index contributed by atoms with van der Waals surface area (Å²) < 4.78 is 0. The third-order valence-electron chi connectivity index (χ3n) is 2.92. The van der Waals surface area contributed by atoms with Crippen molar-refractivity contribution >= 4 is 17.3 Å². The Morgan fingerprint density at radius 2 is 2.11 bits per heavy atom. The summed E-state index contributed by atoms with van der Waals surface area (Å²) in [6, 6.07) is 5.84. The van der Waals surface area contributed by atoms with E-state index in [2.05, 4.69) is 17.5 Å². The highest BCUT2D eigenvalue weighted by atomic mass is 16.6. The van der Waals surface area contributed by atoms with Crippen LogP contribution in [0.1, 0.15) is 19.3 Å². The second-order valence-electron chi connectivity index (χ2n) is 4.32. The molecule has 0 saturated heterocycles. The fraction of sp³-hybridized carbons (Fsp3) is 0.308. The number of anilines is 1. The van der Waals surface area contributed by atoms with E-state index < -0.39 is 4.92 Å². The summed E-state index contributed by atoms with van der Waals surface area (Å²) in [6.45, 7) is 0. The van der Waals surface area contributed by atoms with Gasteiger partial charge in [0.2, 0.25) is 5.91 Å². The van der Waals surface area contributed by atoms with E-state index in [1.807, 2.05) is 0 Å². The molecular formula is C13H14N2O3. The molecule has 1 unspecified atom stereocenters. The number of hydrogen-bond acceptors (Lipinski definition) is 3. The van der Waals surface area contributed by atoms with Gasteiger partial charge in [-0.05, 0) is 30.9 Å². The van der Waals surface area contributed by atoms with Gasteiger partial charge in [0.05, 0.1) is 4.92 Å². The van der Waals surface area contributed by atoms with Gasteiger partial charge >= 0.3 is 0 Å². The molecule has 1 aromatic carbocycles. The molecule has 0 saturated carbocycles. The third-order valence-corrected chi connectivity index (χ3v) is 2.92. The van der Waals surface area contributed by atoms with Crippen molar-refractivity contribution in [1.82, 2.24) is 0 Å². The molecule has 18 heavy (non-hydrogen) atoms. The second-order valence-corrected chi connectivity index (χ2v) is 4.32. The molecule has 1 aromatic rings. The molecule has 1 aliphatic rings. The molecule has 1 N–H and O–H groups in total. The van der Waals surface area contributed by atoms with E-state index in [4.69, 9.17) is 0 Å². The lowest BCUT2D eigenvalue weighted by Gasteiger charge is -2.08. The molecule has 0 fully saturated rings. The van der Waals surface area contributed by atoms with E-state index in [1.165, 1.54) is 12.1 Å². The van der Waals surface area contributed by atoms with Crippen molar-refractivity contribution in [3.63, 3.8) is 0 Å². The van der Waals surface area contributed by atoms with E-state index in [1.54, 1.807) is 12.1 Å². The van der Waals surface area contributed by atoms with Crippen LogP contribution in [0.25, 0.3) is 0 Å². The van der Waals surface area contributed by atoms with Gasteiger partial charge < -0.3 is 5.32 Å². The van der Waals surface area contributed by atoms with Gasteiger partial charge in [0.15, 0.2) is 0 Å². The van der Waals surface area contributed by atoms with Crippen molar-refractivity contribution < 1.29 is 9.72 Å². The van der Waals surface area contributed by atoms with Crippen molar-refractivity contribution in [2.24, 2.45) is 5.92 Å². The Kier molecular flexibility index (Phi) is 3.72. The first-order valence-electron chi connectivity index (χ1n) is 5.86. The minimum Gasteiger partial charge on any atom is -0.326 e. The SMILES string of the molecule is O=C(CC1C=CCC1)Nc1ccc([N+](=O)[O-])cc1. The first-order chi connectivity index (χ1) is 8.65. The van der Waals surface area contributed by atoms with Gasteiger partial charge in [-0.2, -0.15) is 0 Å². The zero-order valence-electron chi connectivity index (χ0n) is 9.83. The summed E-state index contributed by atoms with van der Waals surface area (Å²) in [7, 11) is 0. The van der Waals surface area contributed by atoms with Crippen molar-refractivity contribution in [2.45, 2.75) is 19.3 Å². The molecule has 0 bridgehead atoms. The molecule has 0 aliphatic heterocycles. The zero-order valence-corrected chi connectivity index (χ0v) is 9.83. The van der Waals surface area contributed by atoms with Crippen molar-refractivity contribution in [3.8, 4) is 0 Å². The van der Waals surface area contributed by atoms with Gasteiger partial charge in [-0.25, -0.2) is 0 Å². The normalized spacial score (nSPS) is 17.7. The number of rotatable bonds is 4. The van der Waals surface area contributed by atoms with E-state index in [9.17, 15) is 14.9 Å². The van der Waals surface area contributed by atoms with E-state index in [-0.39, 0.29) is 11.6 Å². The quantitative estimate of drug-likeness (QED) is 0.504. The van der Waals surface area contributed by atoms with Crippen LogP contribution < -0.4 is 5.32 Å². The number of allylic oxidation sites excluding steroid dienone is 2. The van der Waals surface area contributed by atoms with Crippen molar-refractivity contribution in [1.29, 1.82) is 0 Å². The van der Waals surface area contributed by atoms with Crippen LogP contribution in [-0.2, 0) is 4.79 Å². The standard InChI is InChI=1S/C13H14N2O3/c16-13(9-10-3-1-2-4-10)14-11-5-7-12(8-6-11)15(17)18/h1,3,5-8,10H,2,4,9H2,(H,14,16). The van der Waals surface area contributed by atoms with Gasteiger partial charge in [-0.3, -0.25) is 14.9 Å². The Balaban J connectivity index is 1.90. The molecule has 1 aliphatic carbocycles. The van der Waals surface area contributed by atoms with Gasteiger partial charge in [0.1, 0.15) is 0 Å². The summed E-state index contributed by atoms with van der Waals surface area (Å²) in [5.41, 5.74) is 0.610. The second kappa shape index (κ2) is 5.44. The van der Waals surface area contributed by atoms with E-state index >= 15 is 0 Å². The highest BCUT2D eigenvalue weighted by Gasteiger charge is 2.14.